The lowest BCUT2D eigenvalue weighted by molar-refractivity contribution is 0.00267. The fourth-order valence-electron chi connectivity index (χ4n) is 4.60. The molecule has 1 N–H and O–H groups in total. The van der Waals surface area contributed by atoms with E-state index >= 15 is 0 Å². The number of ether oxygens (including phenoxy) is 3. The van der Waals surface area contributed by atoms with Gasteiger partial charge in [-0.05, 0) is 55.6 Å². The summed E-state index contributed by atoms with van der Waals surface area (Å²) >= 11 is 0. The average Bonchev–Trinajstić information content (AvgIpc) is 2.80. The Kier molecular flexibility index (Phi) is 5.60. The monoisotopic (exact) mass is 408 g/mol. The number of hydrogen-bond acceptors (Lipinski definition) is 5. The van der Waals surface area contributed by atoms with Gasteiger partial charge in [0.25, 0.3) is 5.91 Å². The van der Waals surface area contributed by atoms with Gasteiger partial charge in [0.1, 0.15) is 6.61 Å². The van der Waals surface area contributed by atoms with Crippen molar-refractivity contribution in [1.82, 2.24) is 10.2 Å². The molecular formula is C24H28N2O4. The van der Waals surface area contributed by atoms with Crippen LogP contribution in [0.2, 0.25) is 0 Å². The summed E-state index contributed by atoms with van der Waals surface area (Å²) in [4.78, 5) is 15.2. The number of fused-ring (bicyclic) bond motifs is 4. The number of nitrogens with zero attached hydrogens (tertiary/aromatic N) is 1. The second-order valence-electron chi connectivity index (χ2n) is 8.43. The highest BCUT2D eigenvalue weighted by molar-refractivity contribution is 5.95. The molecule has 6 nitrogen and oxygen atoms in total. The maximum absolute atomic E-state index is 12.8. The zero-order valence-corrected chi connectivity index (χ0v) is 17.1. The molecule has 2 aromatic carbocycles. The smallest absolute Gasteiger partial charge is 0.251 e. The average molecular weight is 408 g/mol. The molecule has 0 aliphatic carbocycles. The minimum atomic E-state index is -0.160. The Morgan fingerprint density at radius 3 is 2.70 bits per heavy atom. The molecule has 0 spiro atoms. The summed E-state index contributed by atoms with van der Waals surface area (Å²) in [6.07, 6.45) is 2.20. The Bertz CT molecular complexity index is 880. The van der Waals surface area contributed by atoms with Gasteiger partial charge in [-0.2, -0.15) is 0 Å². The summed E-state index contributed by atoms with van der Waals surface area (Å²) in [6, 6.07) is 15.7. The Balaban J connectivity index is 1.15. The number of benzene rings is 2. The van der Waals surface area contributed by atoms with Crippen LogP contribution >= 0.6 is 0 Å². The minimum absolute atomic E-state index is 0.0338. The Morgan fingerprint density at radius 2 is 1.93 bits per heavy atom. The molecule has 6 rings (SSSR count). The van der Waals surface area contributed by atoms with Crippen LogP contribution in [0.15, 0.2) is 48.5 Å². The van der Waals surface area contributed by atoms with E-state index in [0.717, 1.165) is 25.2 Å². The summed E-state index contributed by atoms with van der Waals surface area (Å²) in [7, 11) is 0. The second kappa shape index (κ2) is 8.66. The van der Waals surface area contributed by atoms with Crippen LogP contribution in [0, 0.1) is 5.92 Å². The van der Waals surface area contributed by atoms with E-state index in [4.69, 9.17) is 14.2 Å². The highest BCUT2D eigenvalue weighted by Gasteiger charge is 2.35. The summed E-state index contributed by atoms with van der Waals surface area (Å²) in [5, 5.41) is 3.23. The number of carbonyl (C=O) groups excluding carboxylic acids is 1. The zero-order chi connectivity index (χ0) is 20.3. The lowest BCUT2D eigenvalue weighted by Gasteiger charge is -2.44. The quantitative estimate of drug-likeness (QED) is 0.797. The first-order chi connectivity index (χ1) is 14.7. The number of amides is 1. The predicted octanol–water partition coefficient (Wildman–Crippen LogP) is 2.87. The predicted molar refractivity (Wildman–Crippen MR) is 113 cm³/mol. The van der Waals surface area contributed by atoms with Crippen LogP contribution in [0.5, 0.6) is 11.5 Å². The molecule has 158 valence electrons. The molecule has 3 saturated heterocycles. The van der Waals surface area contributed by atoms with E-state index in [1.807, 2.05) is 42.5 Å². The highest BCUT2D eigenvalue weighted by Crippen LogP contribution is 2.33. The molecule has 6 heteroatoms. The van der Waals surface area contributed by atoms with Gasteiger partial charge in [-0.3, -0.25) is 4.79 Å². The van der Waals surface area contributed by atoms with Crippen molar-refractivity contribution in [1.29, 1.82) is 0 Å². The van der Waals surface area contributed by atoms with Gasteiger partial charge in [-0.1, -0.05) is 30.3 Å². The van der Waals surface area contributed by atoms with Gasteiger partial charge >= 0.3 is 0 Å². The largest absolute Gasteiger partial charge is 0.486 e. The molecule has 4 heterocycles. The highest BCUT2D eigenvalue weighted by atomic mass is 16.6. The van der Waals surface area contributed by atoms with Crippen LogP contribution in [-0.2, 0) is 11.3 Å². The molecule has 0 saturated carbocycles. The summed E-state index contributed by atoms with van der Waals surface area (Å²) in [6.45, 7) is 4.70. The molecule has 3 fully saturated rings. The van der Waals surface area contributed by atoms with Crippen molar-refractivity contribution in [3.8, 4) is 11.5 Å². The summed E-state index contributed by atoms with van der Waals surface area (Å²) in [5.74, 6) is 1.85. The third kappa shape index (κ3) is 4.30. The number of nitrogens with one attached hydrogen (secondary N) is 1. The van der Waals surface area contributed by atoms with Crippen molar-refractivity contribution < 1.29 is 19.0 Å². The molecule has 30 heavy (non-hydrogen) atoms. The summed E-state index contributed by atoms with van der Waals surface area (Å²) < 4.78 is 17.7. The van der Waals surface area contributed by atoms with Crippen LogP contribution in [0.4, 0.5) is 0 Å². The fourth-order valence-corrected chi connectivity index (χ4v) is 4.60. The first-order valence-corrected chi connectivity index (χ1v) is 10.8. The minimum Gasteiger partial charge on any atom is -0.486 e. The van der Waals surface area contributed by atoms with Crippen LogP contribution in [0.1, 0.15) is 28.8 Å². The Labute approximate surface area is 177 Å². The first-order valence-electron chi connectivity index (χ1n) is 10.8. The molecule has 2 aromatic rings. The molecule has 0 radical (unpaired) electrons. The fraction of sp³-hybridized carbons (Fsp3) is 0.458. The van der Waals surface area contributed by atoms with Crippen molar-refractivity contribution in [2.45, 2.75) is 31.6 Å². The van der Waals surface area contributed by atoms with E-state index in [9.17, 15) is 4.79 Å². The Morgan fingerprint density at radius 1 is 1.10 bits per heavy atom. The molecule has 1 unspecified atom stereocenters. The van der Waals surface area contributed by atoms with Gasteiger partial charge in [0, 0.05) is 18.2 Å². The van der Waals surface area contributed by atoms with E-state index in [-0.39, 0.29) is 18.1 Å². The molecule has 4 aliphatic heterocycles. The van der Waals surface area contributed by atoms with E-state index in [2.05, 4.69) is 10.2 Å². The second-order valence-corrected chi connectivity index (χ2v) is 8.43. The van der Waals surface area contributed by atoms with Crippen molar-refractivity contribution >= 4 is 5.91 Å². The number of piperidine rings is 3. The van der Waals surface area contributed by atoms with Crippen molar-refractivity contribution in [2.24, 2.45) is 5.92 Å². The lowest BCUT2D eigenvalue weighted by Crippen LogP contribution is -2.57. The number of carbonyl (C=O) groups is 1. The maximum Gasteiger partial charge on any atom is 0.251 e. The first kappa shape index (κ1) is 19.4. The zero-order valence-electron chi connectivity index (χ0n) is 17.1. The van der Waals surface area contributed by atoms with Crippen LogP contribution in [-0.4, -0.2) is 55.8 Å². The van der Waals surface area contributed by atoms with Gasteiger partial charge in [0.05, 0.1) is 13.2 Å². The molecular weight excluding hydrogens is 380 g/mol. The van der Waals surface area contributed by atoms with E-state index in [1.54, 1.807) is 6.07 Å². The Hall–Kier alpha value is -2.57. The van der Waals surface area contributed by atoms with Crippen molar-refractivity contribution in [3.63, 3.8) is 0 Å². The topological polar surface area (TPSA) is 60.0 Å². The number of rotatable bonds is 6. The molecule has 4 aliphatic rings. The normalized spacial score (nSPS) is 26.9. The van der Waals surface area contributed by atoms with Gasteiger partial charge < -0.3 is 24.4 Å². The van der Waals surface area contributed by atoms with E-state index in [1.165, 1.54) is 12.8 Å². The van der Waals surface area contributed by atoms with E-state index in [0.29, 0.717) is 42.8 Å². The lowest BCUT2D eigenvalue weighted by atomic mass is 9.84. The van der Waals surface area contributed by atoms with E-state index < -0.39 is 0 Å². The maximum atomic E-state index is 12.8. The van der Waals surface area contributed by atoms with Crippen molar-refractivity contribution in [2.75, 3.05) is 32.8 Å². The van der Waals surface area contributed by atoms with Crippen LogP contribution in [0.3, 0.4) is 0 Å². The van der Waals surface area contributed by atoms with Gasteiger partial charge in [-0.25, -0.2) is 0 Å². The van der Waals surface area contributed by atoms with Crippen molar-refractivity contribution in [3.05, 3.63) is 59.7 Å². The third-order valence-electron chi connectivity index (χ3n) is 6.31. The van der Waals surface area contributed by atoms with Gasteiger partial charge in [0.15, 0.2) is 17.6 Å². The van der Waals surface area contributed by atoms with Gasteiger partial charge in [0.2, 0.25) is 0 Å². The molecule has 1 amide bonds. The molecule has 2 atom stereocenters. The molecule has 0 aromatic heterocycles. The number of hydrogen-bond donors (Lipinski definition) is 1. The molecule has 2 bridgehead atoms. The van der Waals surface area contributed by atoms with Crippen LogP contribution < -0.4 is 14.8 Å². The third-order valence-corrected chi connectivity index (χ3v) is 6.31. The van der Waals surface area contributed by atoms with Gasteiger partial charge in [-0.15, -0.1) is 0 Å². The standard InChI is InChI=1S/C24H28N2O4/c27-24(25-21-13-26-10-8-18(21)9-11-26)19-6-7-22-23(12-19)29-16-20(30-22)15-28-14-17-4-2-1-3-5-17/h1-7,12,18,20-21H,8-11,13-16H2,(H,25,27)/t20?,21-/m0/s1. The summed E-state index contributed by atoms with van der Waals surface area (Å²) in [5.41, 5.74) is 1.75. The van der Waals surface area contributed by atoms with Crippen LogP contribution in [0.25, 0.3) is 0 Å². The SMILES string of the molecule is O=C(N[C@H]1CN2CCC1CC2)c1ccc2c(c1)OCC(COCc1ccccc1)O2.